The lowest BCUT2D eigenvalue weighted by Gasteiger charge is -2.21. The summed E-state index contributed by atoms with van der Waals surface area (Å²) in [6.07, 6.45) is 81.9. The van der Waals surface area contributed by atoms with Gasteiger partial charge in [-0.05, 0) is 128 Å². The molecule has 586 valence electrons. The third-order valence-corrected chi connectivity index (χ3v) is 18.3. The first-order valence-corrected chi connectivity index (χ1v) is 42.8. The van der Waals surface area contributed by atoms with Crippen LogP contribution in [0.1, 0.15) is 323 Å². The largest absolute Gasteiger partial charge is 0.472 e. The van der Waals surface area contributed by atoms with Gasteiger partial charge in [-0.3, -0.25) is 37.3 Å². The Balaban J connectivity index is 5.47. The Hall–Kier alpha value is -4.54. The molecular weight excluding hydrogens is 1330 g/mol. The van der Waals surface area contributed by atoms with E-state index in [-0.39, 0.29) is 25.7 Å². The number of ether oxygens (including phenoxy) is 4. The maximum atomic E-state index is 13.1. The maximum absolute atomic E-state index is 13.1. The zero-order valence-corrected chi connectivity index (χ0v) is 65.8. The summed E-state index contributed by atoms with van der Waals surface area (Å²) in [6.45, 7) is 4.67. The molecule has 0 aromatic carbocycles. The van der Waals surface area contributed by atoms with Crippen LogP contribution in [0.15, 0.2) is 122 Å². The highest BCUT2D eigenvalue weighted by molar-refractivity contribution is 7.47. The number of phosphoric ester groups is 2. The number of allylic oxidation sites excluding steroid dienone is 20. The molecule has 0 bridgehead atoms. The first-order valence-electron chi connectivity index (χ1n) is 39.8. The maximum Gasteiger partial charge on any atom is 0.472 e. The van der Waals surface area contributed by atoms with E-state index in [1.165, 1.54) is 122 Å². The molecule has 2 unspecified atom stereocenters. The predicted molar refractivity (Wildman–Crippen MR) is 418 cm³/mol. The van der Waals surface area contributed by atoms with E-state index in [9.17, 15) is 43.2 Å². The van der Waals surface area contributed by atoms with Crippen LogP contribution >= 0.6 is 15.6 Å². The molecule has 0 heterocycles. The summed E-state index contributed by atoms with van der Waals surface area (Å²) in [7, 11) is -9.99. The van der Waals surface area contributed by atoms with E-state index in [1.54, 1.807) is 0 Å². The second kappa shape index (κ2) is 74.7. The molecule has 0 aliphatic heterocycles. The van der Waals surface area contributed by atoms with Crippen LogP contribution in [-0.2, 0) is 65.4 Å². The van der Waals surface area contributed by atoms with Gasteiger partial charge in [0.1, 0.15) is 19.3 Å². The summed E-state index contributed by atoms with van der Waals surface area (Å²) >= 11 is 0. The zero-order valence-electron chi connectivity index (χ0n) is 64.0. The minimum Gasteiger partial charge on any atom is -0.462 e. The molecular formula is C83H142O17P2. The van der Waals surface area contributed by atoms with Crippen LogP contribution in [0.4, 0.5) is 0 Å². The summed E-state index contributed by atoms with van der Waals surface area (Å²) < 4.78 is 68.4. The molecule has 102 heavy (non-hydrogen) atoms. The Kier molecular flexibility index (Phi) is 71.4. The first kappa shape index (κ1) is 97.5. The molecule has 5 atom stereocenters. The summed E-state index contributed by atoms with van der Waals surface area (Å²) in [6, 6.07) is 0. The number of phosphoric acid groups is 2. The van der Waals surface area contributed by atoms with Crippen LogP contribution in [0.25, 0.3) is 0 Å². The lowest BCUT2D eigenvalue weighted by molar-refractivity contribution is -0.161. The highest BCUT2D eigenvalue weighted by Crippen LogP contribution is 2.45. The molecule has 17 nitrogen and oxygen atoms in total. The number of aliphatic hydroxyl groups is 1. The van der Waals surface area contributed by atoms with E-state index >= 15 is 0 Å². The lowest BCUT2D eigenvalue weighted by Crippen LogP contribution is -2.30. The van der Waals surface area contributed by atoms with Crippen molar-refractivity contribution in [3.63, 3.8) is 0 Å². The van der Waals surface area contributed by atoms with Gasteiger partial charge in [-0.15, -0.1) is 0 Å². The second-order valence-electron chi connectivity index (χ2n) is 26.3. The number of hydrogen-bond acceptors (Lipinski definition) is 15. The second-order valence-corrected chi connectivity index (χ2v) is 29.2. The van der Waals surface area contributed by atoms with Gasteiger partial charge in [0.15, 0.2) is 12.2 Å². The molecule has 0 spiro atoms. The van der Waals surface area contributed by atoms with E-state index in [4.69, 9.17) is 37.0 Å². The molecule has 0 fully saturated rings. The molecule has 0 saturated carbocycles. The number of unbranched alkanes of at least 4 members (excludes halogenated alkanes) is 29. The van der Waals surface area contributed by atoms with Crippen LogP contribution in [0.3, 0.4) is 0 Å². The van der Waals surface area contributed by atoms with Crippen molar-refractivity contribution in [2.75, 3.05) is 39.6 Å². The van der Waals surface area contributed by atoms with Crippen molar-refractivity contribution in [1.29, 1.82) is 0 Å². The molecule has 0 saturated heterocycles. The summed E-state index contributed by atoms with van der Waals surface area (Å²) in [5, 5.41) is 10.6. The van der Waals surface area contributed by atoms with Crippen LogP contribution < -0.4 is 0 Å². The fourth-order valence-corrected chi connectivity index (χ4v) is 11.9. The highest BCUT2D eigenvalue weighted by Gasteiger charge is 2.30. The molecule has 0 rings (SSSR count). The number of esters is 4. The highest BCUT2D eigenvalue weighted by atomic mass is 31.2. The van der Waals surface area contributed by atoms with Gasteiger partial charge in [-0.2, -0.15) is 0 Å². The van der Waals surface area contributed by atoms with Crippen LogP contribution in [-0.4, -0.2) is 96.7 Å². The third kappa shape index (κ3) is 73.8. The lowest BCUT2D eigenvalue weighted by atomic mass is 10.0. The third-order valence-electron chi connectivity index (χ3n) is 16.4. The molecule has 0 amide bonds. The van der Waals surface area contributed by atoms with Crippen molar-refractivity contribution in [3.8, 4) is 0 Å². The van der Waals surface area contributed by atoms with Crippen molar-refractivity contribution in [2.45, 2.75) is 341 Å². The van der Waals surface area contributed by atoms with E-state index in [0.29, 0.717) is 38.5 Å². The van der Waals surface area contributed by atoms with E-state index in [0.717, 1.165) is 109 Å². The number of aliphatic hydroxyl groups excluding tert-OH is 1. The standard InChI is InChI=1S/C83H142O17P2/c1-5-9-13-17-21-25-29-33-36-38-41-44-48-52-56-60-64-68-81(86)94-74-79(100-83(88)70-66-62-58-54-50-46-42-39-37-34-30-26-22-18-14-10-6-2)76-98-102(91,92)96-72-77(84)71-95-101(89,90)97-75-78(73-93-80(85)67-63-59-55-51-47-43-32-28-24-20-16-12-8-4)99-82(87)69-65-61-57-53-49-45-40-35-31-27-23-19-15-11-7-3/h21-22,25-27,31,33-37,40-42,44,46,52,54,56,58,77-79,84H,5-20,23-24,28-30,32,38-39,43,45,47-51,53,55,57,59-76H2,1-4H3,(H,89,90)(H,91,92)/b25-21-,26-22-,31-27-,36-33-,37-34-,40-35-,44-41-,46-42-,56-52-,58-54-/t77-,78-,79-/m1/s1. The van der Waals surface area contributed by atoms with E-state index in [2.05, 4.69) is 125 Å². The zero-order chi connectivity index (χ0) is 74.6. The van der Waals surface area contributed by atoms with Crippen LogP contribution in [0.5, 0.6) is 0 Å². The summed E-state index contributed by atoms with van der Waals surface area (Å²) in [5.74, 6) is -2.32. The van der Waals surface area contributed by atoms with Crippen molar-refractivity contribution in [2.24, 2.45) is 0 Å². The summed E-state index contributed by atoms with van der Waals surface area (Å²) in [4.78, 5) is 72.9. The average molecular weight is 1470 g/mol. The minimum atomic E-state index is -5.01. The van der Waals surface area contributed by atoms with Gasteiger partial charge >= 0.3 is 39.5 Å². The average Bonchev–Trinajstić information content (AvgIpc) is 0.943. The van der Waals surface area contributed by atoms with E-state index < -0.39 is 97.5 Å². The van der Waals surface area contributed by atoms with Crippen molar-refractivity contribution < 1.29 is 80.2 Å². The van der Waals surface area contributed by atoms with Gasteiger partial charge in [0, 0.05) is 25.7 Å². The Morgan fingerprint density at radius 1 is 0.284 bits per heavy atom. The smallest absolute Gasteiger partial charge is 0.462 e. The first-order chi connectivity index (χ1) is 49.7. The Labute approximate surface area is 619 Å². The Bertz CT molecular complexity index is 2410. The molecule has 0 aromatic rings. The van der Waals surface area contributed by atoms with Gasteiger partial charge in [0.05, 0.1) is 26.4 Å². The van der Waals surface area contributed by atoms with Crippen LogP contribution in [0.2, 0.25) is 0 Å². The van der Waals surface area contributed by atoms with Crippen molar-refractivity contribution in [1.82, 2.24) is 0 Å². The van der Waals surface area contributed by atoms with Gasteiger partial charge in [0.25, 0.3) is 0 Å². The fraction of sp³-hybridized carbons (Fsp3) is 0.711. The number of carbonyl (C=O) groups is 4. The number of rotatable bonds is 74. The summed E-state index contributed by atoms with van der Waals surface area (Å²) in [5.41, 5.74) is 0. The minimum absolute atomic E-state index is 0.00514. The normalized spacial score (nSPS) is 14.5. The van der Waals surface area contributed by atoms with Crippen molar-refractivity contribution in [3.05, 3.63) is 122 Å². The number of carbonyl (C=O) groups excluding carboxylic acids is 4. The van der Waals surface area contributed by atoms with Crippen LogP contribution in [0, 0.1) is 0 Å². The Morgan fingerprint density at radius 2 is 0.520 bits per heavy atom. The topological polar surface area (TPSA) is 237 Å². The SMILES string of the molecule is CCCCC/C=C\C/C=C\C/C=C\C/C=C\CCCC(=O)OC[C@H](COP(=O)(O)OC[C@H](O)COP(=O)(O)OC[C@@H](COC(=O)CCCCCCCCCCCCCCC)OC(=O)CCCCCCC/C=C\C=C/CCCCCC)OC(=O)CCC/C=C\C/C=C\C/C=C\C/C=C\CCCCC. The number of hydrogen-bond donors (Lipinski definition) is 3. The molecule has 0 aliphatic carbocycles. The quantitative estimate of drug-likeness (QED) is 0.0128. The fourth-order valence-electron chi connectivity index (χ4n) is 10.3. The predicted octanol–water partition coefficient (Wildman–Crippen LogP) is 23.1. The Morgan fingerprint density at radius 3 is 0.873 bits per heavy atom. The monoisotopic (exact) mass is 1470 g/mol. The molecule has 3 N–H and O–H groups in total. The van der Waals surface area contributed by atoms with Crippen molar-refractivity contribution >= 4 is 39.5 Å². The molecule has 19 heteroatoms. The van der Waals surface area contributed by atoms with E-state index in [1.807, 2.05) is 24.3 Å². The van der Waals surface area contributed by atoms with Gasteiger partial charge in [-0.1, -0.05) is 290 Å². The van der Waals surface area contributed by atoms with Gasteiger partial charge in [0.2, 0.25) is 0 Å². The molecule has 0 aliphatic rings. The van der Waals surface area contributed by atoms with Gasteiger partial charge < -0.3 is 33.8 Å². The van der Waals surface area contributed by atoms with Gasteiger partial charge in [-0.25, -0.2) is 9.13 Å². The molecule has 0 aromatic heterocycles. The molecule has 0 radical (unpaired) electrons.